The number of amides is 2. The van der Waals surface area contributed by atoms with Crippen LogP contribution in [0.3, 0.4) is 0 Å². The number of likely N-dealkylation sites (tertiary alicyclic amines) is 1. The second-order valence-corrected chi connectivity index (χ2v) is 7.48. The number of nitrogens with zero attached hydrogens (tertiary/aromatic N) is 1. The molecule has 1 N–H and O–H groups in total. The van der Waals surface area contributed by atoms with E-state index in [1.54, 1.807) is 62.6 Å². The molecule has 170 valence electrons. The Morgan fingerprint density at radius 3 is 2.12 bits per heavy atom. The fourth-order valence-electron chi connectivity index (χ4n) is 3.51. The van der Waals surface area contributed by atoms with Gasteiger partial charge >= 0.3 is 6.16 Å². The second-order valence-electron chi connectivity index (χ2n) is 7.48. The fraction of sp³-hybridized carbons (Fsp3) is 0.375. The van der Waals surface area contributed by atoms with Crippen molar-refractivity contribution in [1.82, 2.24) is 10.2 Å². The minimum Gasteiger partial charge on any atom is -0.497 e. The number of nitrogens with one attached hydrogen (secondary N) is 1. The molecule has 3 rings (SSSR count). The van der Waals surface area contributed by atoms with E-state index >= 15 is 0 Å². The van der Waals surface area contributed by atoms with Gasteiger partial charge in [0.05, 0.1) is 13.7 Å². The van der Waals surface area contributed by atoms with E-state index < -0.39 is 6.16 Å². The maximum atomic E-state index is 12.7. The average Bonchev–Trinajstić information content (AvgIpc) is 2.83. The Kier molecular flexibility index (Phi) is 8.08. The lowest BCUT2D eigenvalue weighted by molar-refractivity contribution is 0.0684. The van der Waals surface area contributed by atoms with E-state index in [1.165, 1.54) is 0 Å². The summed E-state index contributed by atoms with van der Waals surface area (Å²) in [5.74, 6) is 1.17. The molecule has 0 aliphatic carbocycles. The van der Waals surface area contributed by atoms with Gasteiger partial charge in [-0.1, -0.05) is 0 Å². The van der Waals surface area contributed by atoms with E-state index in [-0.39, 0.29) is 18.4 Å². The van der Waals surface area contributed by atoms with Crippen LogP contribution < -0.4 is 14.8 Å². The van der Waals surface area contributed by atoms with Gasteiger partial charge in [0, 0.05) is 30.8 Å². The van der Waals surface area contributed by atoms with Crippen molar-refractivity contribution in [3.8, 4) is 11.5 Å². The lowest BCUT2D eigenvalue weighted by atomic mass is 9.96. The third-order valence-corrected chi connectivity index (χ3v) is 5.37. The summed E-state index contributed by atoms with van der Waals surface area (Å²) in [7, 11) is 1.59. The highest BCUT2D eigenvalue weighted by Crippen LogP contribution is 2.20. The first-order valence-corrected chi connectivity index (χ1v) is 10.7. The first kappa shape index (κ1) is 23.1. The first-order valence-electron chi connectivity index (χ1n) is 10.7. The highest BCUT2D eigenvalue weighted by molar-refractivity contribution is 5.95. The standard InChI is InChI=1S/C24H28N2O6/c1-3-31-24(29)32-21-10-4-18(5-11-21)22(27)25-16-17-12-14-26(15-13-17)23(28)19-6-8-20(30-2)9-7-19/h4-11,17H,3,12-16H2,1-2H3,(H,25,27). The summed E-state index contributed by atoms with van der Waals surface area (Å²) in [6.07, 6.45) is 0.879. The summed E-state index contributed by atoms with van der Waals surface area (Å²) in [5, 5.41) is 2.95. The van der Waals surface area contributed by atoms with Crippen LogP contribution in [0.15, 0.2) is 48.5 Å². The van der Waals surface area contributed by atoms with Gasteiger partial charge in [-0.2, -0.15) is 0 Å². The topological polar surface area (TPSA) is 94.2 Å². The van der Waals surface area contributed by atoms with Crippen molar-refractivity contribution in [2.75, 3.05) is 33.4 Å². The van der Waals surface area contributed by atoms with E-state index in [2.05, 4.69) is 5.32 Å². The van der Waals surface area contributed by atoms with Crippen molar-refractivity contribution in [2.24, 2.45) is 5.92 Å². The number of piperidine rings is 1. The Bertz CT molecular complexity index is 919. The summed E-state index contributed by atoms with van der Waals surface area (Å²) in [4.78, 5) is 38.3. The third-order valence-electron chi connectivity index (χ3n) is 5.37. The Balaban J connectivity index is 1.42. The Morgan fingerprint density at radius 2 is 1.53 bits per heavy atom. The molecule has 2 aromatic rings. The molecular formula is C24H28N2O6. The van der Waals surface area contributed by atoms with Gasteiger partial charge in [0.2, 0.25) is 0 Å². The van der Waals surface area contributed by atoms with Crippen LogP contribution in [0.2, 0.25) is 0 Å². The van der Waals surface area contributed by atoms with E-state index in [9.17, 15) is 14.4 Å². The predicted molar refractivity (Wildman–Crippen MR) is 118 cm³/mol. The van der Waals surface area contributed by atoms with Crippen molar-refractivity contribution in [2.45, 2.75) is 19.8 Å². The lowest BCUT2D eigenvalue weighted by Crippen LogP contribution is -2.41. The third kappa shape index (κ3) is 6.23. The van der Waals surface area contributed by atoms with Gasteiger partial charge in [0.1, 0.15) is 11.5 Å². The van der Waals surface area contributed by atoms with Crippen LogP contribution in [0.25, 0.3) is 0 Å². The zero-order valence-electron chi connectivity index (χ0n) is 18.3. The Morgan fingerprint density at radius 1 is 0.938 bits per heavy atom. The van der Waals surface area contributed by atoms with E-state index in [0.29, 0.717) is 42.4 Å². The van der Waals surface area contributed by atoms with Crippen LogP contribution in [0.5, 0.6) is 11.5 Å². The van der Waals surface area contributed by atoms with Gasteiger partial charge in [-0.05, 0) is 74.2 Å². The van der Waals surface area contributed by atoms with Crippen molar-refractivity contribution >= 4 is 18.0 Å². The summed E-state index contributed by atoms with van der Waals surface area (Å²) in [5.41, 5.74) is 1.13. The van der Waals surface area contributed by atoms with Crippen molar-refractivity contribution in [3.05, 3.63) is 59.7 Å². The van der Waals surface area contributed by atoms with E-state index in [4.69, 9.17) is 14.2 Å². The summed E-state index contributed by atoms with van der Waals surface area (Å²) in [6.45, 7) is 3.78. The summed E-state index contributed by atoms with van der Waals surface area (Å²) >= 11 is 0. The lowest BCUT2D eigenvalue weighted by Gasteiger charge is -2.32. The minimum atomic E-state index is -0.776. The number of benzene rings is 2. The highest BCUT2D eigenvalue weighted by atomic mass is 16.7. The zero-order valence-corrected chi connectivity index (χ0v) is 18.3. The normalized spacial score (nSPS) is 13.9. The number of methoxy groups -OCH3 is 1. The molecule has 1 saturated heterocycles. The van der Waals surface area contributed by atoms with Crippen LogP contribution in [0.4, 0.5) is 4.79 Å². The molecule has 0 unspecified atom stereocenters. The number of carbonyl (C=O) groups is 3. The maximum Gasteiger partial charge on any atom is 0.513 e. The highest BCUT2D eigenvalue weighted by Gasteiger charge is 2.24. The molecule has 0 saturated carbocycles. The molecule has 32 heavy (non-hydrogen) atoms. The monoisotopic (exact) mass is 440 g/mol. The first-order chi connectivity index (χ1) is 15.5. The number of carbonyl (C=O) groups excluding carboxylic acids is 3. The second kappa shape index (κ2) is 11.2. The quantitative estimate of drug-likeness (QED) is 0.523. The van der Waals surface area contributed by atoms with E-state index in [0.717, 1.165) is 18.6 Å². The zero-order chi connectivity index (χ0) is 22.9. The summed E-state index contributed by atoms with van der Waals surface area (Å²) in [6, 6.07) is 13.4. The molecule has 0 atom stereocenters. The van der Waals surface area contributed by atoms with Gasteiger partial charge in [-0.15, -0.1) is 0 Å². The Labute approximate surface area is 187 Å². The van der Waals surface area contributed by atoms with Crippen molar-refractivity contribution in [3.63, 3.8) is 0 Å². The summed E-state index contributed by atoms with van der Waals surface area (Å²) < 4.78 is 14.8. The number of rotatable bonds is 7. The van der Waals surface area contributed by atoms with E-state index in [1.807, 2.05) is 4.90 Å². The smallest absolute Gasteiger partial charge is 0.497 e. The molecule has 1 heterocycles. The van der Waals surface area contributed by atoms with Crippen LogP contribution in [-0.4, -0.2) is 56.2 Å². The molecule has 0 radical (unpaired) electrons. The Hall–Kier alpha value is -3.55. The van der Waals surface area contributed by atoms with Crippen LogP contribution in [0.1, 0.15) is 40.5 Å². The van der Waals surface area contributed by atoms with Crippen molar-refractivity contribution < 1.29 is 28.6 Å². The fourth-order valence-corrected chi connectivity index (χ4v) is 3.51. The molecular weight excluding hydrogens is 412 g/mol. The average molecular weight is 440 g/mol. The van der Waals surface area contributed by atoms with Gasteiger partial charge in [0.25, 0.3) is 11.8 Å². The van der Waals surface area contributed by atoms with Crippen molar-refractivity contribution in [1.29, 1.82) is 0 Å². The maximum absolute atomic E-state index is 12.7. The van der Waals surface area contributed by atoms with Gasteiger partial charge in [-0.25, -0.2) is 4.79 Å². The molecule has 2 aromatic carbocycles. The van der Waals surface area contributed by atoms with Crippen LogP contribution >= 0.6 is 0 Å². The molecule has 1 fully saturated rings. The largest absolute Gasteiger partial charge is 0.513 e. The minimum absolute atomic E-state index is 0.0141. The number of ether oxygens (including phenoxy) is 3. The molecule has 8 heteroatoms. The molecule has 1 aliphatic heterocycles. The molecule has 2 amide bonds. The molecule has 1 aliphatic rings. The molecule has 0 aromatic heterocycles. The number of hydrogen-bond donors (Lipinski definition) is 1. The van der Waals surface area contributed by atoms with Gasteiger partial charge in [0.15, 0.2) is 0 Å². The van der Waals surface area contributed by atoms with Gasteiger partial charge in [-0.3, -0.25) is 9.59 Å². The van der Waals surface area contributed by atoms with Crippen LogP contribution in [0, 0.1) is 5.92 Å². The molecule has 0 spiro atoms. The number of hydrogen-bond acceptors (Lipinski definition) is 6. The van der Waals surface area contributed by atoms with Gasteiger partial charge < -0.3 is 24.4 Å². The SMILES string of the molecule is CCOC(=O)Oc1ccc(C(=O)NCC2CCN(C(=O)c3ccc(OC)cc3)CC2)cc1. The van der Waals surface area contributed by atoms with Crippen LogP contribution in [-0.2, 0) is 4.74 Å². The molecule has 8 nitrogen and oxygen atoms in total. The molecule has 0 bridgehead atoms. The predicted octanol–water partition coefficient (Wildman–Crippen LogP) is 3.51.